The molecule has 2 heterocycles. The second kappa shape index (κ2) is 8.01. The number of halogens is 1. The van der Waals surface area contributed by atoms with Gasteiger partial charge >= 0.3 is 0 Å². The van der Waals surface area contributed by atoms with Gasteiger partial charge in [0.15, 0.2) is 0 Å². The van der Waals surface area contributed by atoms with Crippen molar-refractivity contribution in [2.75, 3.05) is 26.0 Å². The molecule has 30 heavy (non-hydrogen) atoms. The highest BCUT2D eigenvalue weighted by atomic mass is 35.5. The third-order valence-electron chi connectivity index (χ3n) is 4.86. The highest BCUT2D eigenvalue weighted by Gasteiger charge is 2.19. The van der Waals surface area contributed by atoms with Gasteiger partial charge in [-0.25, -0.2) is 9.97 Å². The molecule has 2 N–H and O–H groups in total. The summed E-state index contributed by atoms with van der Waals surface area (Å²) in [5.41, 5.74) is 3.50. The van der Waals surface area contributed by atoms with Gasteiger partial charge in [0.05, 0.1) is 10.5 Å². The third-order valence-corrected chi connectivity index (χ3v) is 5.17. The van der Waals surface area contributed by atoms with E-state index < -0.39 is 0 Å². The highest BCUT2D eigenvalue weighted by molar-refractivity contribution is 6.32. The molecular weight excluding hydrogens is 400 g/mol. The van der Waals surface area contributed by atoms with Gasteiger partial charge in [-0.2, -0.15) is 5.10 Å². The number of benzene rings is 2. The Kier molecular flexibility index (Phi) is 5.25. The summed E-state index contributed by atoms with van der Waals surface area (Å²) in [6.45, 7) is 0.749. The predicted molar refractivity (Wildman–Crippen MR) is 119 cm³/mol. The van der Waals surface area contributed by atoms with Gasteiger partial charge in [-0.1, -0.05) is 17.5 Å². The number of hydrogen-bond donors (Lipinski definition) is 2. The summed E-state index contributed by atoms with van der Waals surface area (Å²) in [4.78, 5) is 21.2. The molecule has 1 aromatic heterocycles. The van der Waals surface area contributed by atoms with E-state index in [1.807, 2.05) is 30.4 Å². The maximum absolute atomic E-state index is 12.3. The van der Waals surface area contributed by atoms with E-state index in [0.29, 0.717) is 33.3 Å². The molecule has 0 spiro atoms. The molecule has 0 radical (unpaired) electrons. The highest BCUT2D eigenvalue weighted by Crippen LogP contribution is 2.27. The van der Waals surface area contributed by atoms with Crippen LogP contribution in [0.5, 0.6) is 0 Å². The van der Waals surface area contributed by atoms with Crippen molar-refractivity contribution in [1.29, 1.82) is 0 Å². The second-order valence-electron chi connectivity index (χ2n) is 6.99. The summed E-state index contributed by atoms with van der Waals surface area (Å²) in [6.07, 6.45) is 9.03. The van der Waals surface area contributed by atoms with Crippen molar-refractivity contribution in [2.24, 2.45) is 5.10 Å². The fraction of sp³-hybridized carbons (Fsp3) is 0.182. The van der Waals surface area contributed by atoms with E-state index in [1.165, 1.54) is 0 Å². The Labute approximate surface area is 179 Å². The van der Waals surface area contributed by atoms with Gasteiger partial charge in [-0.15, -0.1) is 6.42 Å². The third kappa shape index (κ3) is 3.91. The van der Waals surface area contributed by atoms with Gasteiger partial charge in [0.1, 0.15) is 0 Å². The van der Waals surface area contributed by atoms with Crippen molar-refractivity contribution < 1.29 is 4.79 Å². The molecule has 2 aromatic carbocycles. The molecule has 4 rings (SSSR count). The number of nitrogens with one attached hydrogen (secondary N) is 2. The predicted octanol–water partition coefficient (Wildman–Crippen LogP) is 3.38. The molecule has 0 saturated heterocycles. The summed E-state index contributed by atoms with van der Waals surface area (Å²) < 4.78 is 0. The van der Waals surface area contributed by atoms with Gasteiger partial charge in [-0.3, -0.25) is 9.80 Å². The average Bonchev–Trinajstić information content (AvgIpc) is 3.18. The lowest BCUT2D eigenvalue weighted by Crippen LogP contribution is -2.19. The lowest BCUT2D eigenvalue weighted by Gasteiger charge is -2.14. The van der Waals surface area contributed by atoms with E-state index in [0.717, 1.165) is 17.5 Å². The van der Waals surface area contributed by atoms with Crippen LogP contribution in [-0.4, -0.2) is 47.7 Å². The van der Waals surface area contributed by atoms with Crippen LogP contribution >= 0.6 is 11.6 Å². The molecule has 1 aliphatic heterocycles. The van der Waals surface area contributed by atoms with E-state index in [1.54, 1.807) is 31.4 Å². The number of carbonyl (C=O) groups is 1. The van der Waals surface area contributed by atoms with E-state index in [9.17, 15) is 4.79 Å². The van der Waals surface area contributed by atoms with Crippen LogP contribution in [0, 0.1) is 12.3 Å². The molecule has 0 bridgehead atoms. The first kappa shape index (κ1) is 19.7. The summed E-state index contributed by atoms with van der Waals surface area (Å²) in [6, 6.07) is 9.12. The van der Waals surface area contributed by atoms with Crippen LogP contribution in [-0.2, 0) is 0 Å². The smallest absolute Gasteiger partial charge is 0.251 e. The fourth-order valence-electron chi connectivity index (χ4n) is 3.33. The van der Waals surface area contributed by atoms with Crippen LogP contribution in [0.1, 0.15) is 27.4 Å². The first-order chi connectivity index (χ1) is 14.5. The molecule has 3 aromatic rings. The van der Waals surface area contributed by atoms with Crippen LogP contribution < -0.4 is 10.6 Å². The van der Waals surface area contributed by atoms with Gasteiger partial charge in [0.25, 0.3) is 5.91 Å². The molecule has 1 atom stereocenters. The van der Waals surface area contributed by atoms with Crippen LogP contribution in [0.25, 0.3) is 10.9 Å². The minimum Gasteiger partial charge on any atom is -0.355 e. The topological polar surface area (TPSA) is 82.5 Å². The minimum absolute atomic E-state index is 0.0960. The molecule has 0 saturated carbocycles. The Balaban J connectivity index is 1.70. The Bertz CT molecular complexity index is 1220. The van der Waals surface area contributed by atoms with Crippen molar-refractivity contribution in [3.05, 3.63) is 58.2 Å². The summed E-state index contributed by atoms with van der Waals surface area (Å²) >= 11 is 6.21. The van der Waals surface area contributed by atoms with Crippen molar-refractivity contribution >= 4 is 46.3 Å². The zero-order valence-corrected chi connectivity index (χ0v) is 17.2. The minimum atomic E-state index is -0.170. The van der Waals surface area contributed by atoms with Crippen LogP contribution in [0.2, 0.25) is 5.02 Å². The zero-order valence-electron chi connectivity index (χ0n) is 16.5. The number of amides is 1. The molecule has 1 amide bonds. The van der Waals surface area contributed by atoms with Gasteiger partial charge in [0.2, 0.25) is 5.95 Å². The quantitative estimate of drug-likeness (QED) is 0.635. The molecule has 8 heteroatoms. The number of anilines is 2. The molecule has 0 aliphatic carbocycles. The number of fused-ring (bicyclic) bond motifs is 1. The number of likely N-dealkylation sites (N-methyl/N-ethyl adjacent to an activating group) is 1. The number of carbonyl (C=O) groups excluding carboxylic acids is 1. The number of rotatable bonds is 4. The van der Waals surface area contributed by atoms with E-state index in [4.69, 9.17) is 18.0 Å². The Hall–Kier alpha value is -3.63. The monoisotopic (exact) mass is 418 g/mol. The Morgan fingerprint density at radius 3 is 2.83 bits per heavy atom. The van der Waals surface area contributed by atoms with Crippen molar-refractivity contribution in [1.82, 2.24) is 20.3 Å². The average molecular weight is 419 g/mol. The number of terminal acetylenes is 1. The Morgan fingerprint density at radius 1 is 1.30 bits per heavy atom. The maximum Gasteiger partial charge on any atom is 0.251 e. The molecule has 1 unspecified atom stereocenters. The van der Waals surface area contributed by atoms with Crippen LogP contribution in [0.15, 0.2) is 41.6 Å². The van der Waals surface area contributed by atoms with E-state index in [-0.39, 0.29) is 11.8 Å². The summed E-state index contributed by atoms with van der Waals surface area (Å²) in [5.74, 6) is 2.86. The molecule has 1 aliphatic rings. The van der Waals surface area contributed by atoms with Gasteiger partial charge in [-0.05, 0) is 35.9 Å². The second-order valence-corrected chi connectivity index (χ2v) is 7.40. The lowest BCUT2D eigenvalue weighted by atomic mass is 9.97. The number of aromatic nitrogens is 2. The normalized spacial score (nSPS) is 15.3. The van der Waals surface area contributed by atoms with Gasteiger partial charge < -0.3 is 10.6 Å². The largest absolute Gasteiger partial charge is 0.355 e. The van der Waals surface area contributed by atoms with Crippen LogP contribution in [0.3, 0.4) is 0 Å². The SMILES string of the molecule is C#Cc1cc2cnc(Nc3cc(C(=O)NC)cc(C4C=NN(C)C4)c3)nc2cc1Cl. The first-order valence-electron chi connectivity index (χ1n) is 9.29. The van der Waals surface area contributed by atoms with Crippen molar-refractivity contribution in [2.45, 2.75) is 5.92 Å². The lowest BCUT2D eigenvalue weighted by molar-refractivity contribution is 0.0963. The summed E-state index contributed by atoms with van der Waals surface area (Å²) in [7, 11) is 3.52. The maximum atomic E-state index is 12.3. The first-order valence-corrected chi connectivity index (χ1v) is 9.67. The van der Waals surface area contributed by atoms with E-state index in [2.05, 4.69) is 31.6 Å². The van der Waals surface area contributed by atoms with E-state index >= 15 is 0 Å². The van der Waals surface area contributed by atoms with Crippen molar-refractivity contribution in [3.8, 4) is 12.3 Å². The number of nitrogens with zero attached hydrogens (tertiary/aromatic N) is 4. The Morgan fingerprint density at radius 2 is 2.13 bits per heavy atom. The number of hydrogen-bond acceptors (Lipinski definition) is 6. The molecular formula is C22H19ClN6O. The molecule has 150 valence electrons. The number of hydrazone groups is 1. The molecule has 0 fully saturated rings. The summed E-state index contributed by atoms with van der Waals surface area (Å²) in [5, 5.41) is 13.3. The fourth-order valence-corrected chi connectivity index (χ4v) is 3.54. The standard InChI is InChI=1S/C22H19ClN6O/c1-4-13-5-16-10-25-22(28-20(16)9-19(13)23)27-18-7-14(17-11-26-29(3)12-17)6-15(8-18)21(30)24-2/h1,5-11,17H,12H2,2-3H3,(H,24,30)(H,25,27,28). The zero-order chi connectivity index (χ0) is 21.3. The molecule has 7 nitrogen and oxygen atoms in total. The van der Waals surface area contributed by atoms with Crippen LogP contribution in [0.4, 0.5) is 11.6 Å². The van der Waals surface area contributed by atoms with Gasteiger partial charge in [0, 0.05) is 61.2 Å². The van der Waals surface area contributed by atoms with Crippen molar-refractivity contribution in [3.63, 3.8) is 0 Å².